The second-order valence-corrected chi connectivity index (χ2v) is 17.8. The summed E-state index contributed by atoms with van der Waals surface area (Å²) in [5.41, 5.74) is 0.576. The maximum atomic E-state index is 14.6. The van der Waals surface area contributed by atoms with Gasteiger partial charge < -0.3 is 24.8 Å². The lowest BCUT2D eigenvalue weighted by Gasteiger charge is -2.39. The molecular formula is C45H61F2N5O6. The van der Waals surface area contributed by atoms with Crippen molar-refractivity contribution in [3.8, 4) is 0 Å². The van der Waals surface area contributed by atoms with Crippen LogP contribution in [0, 0.1) is 23.5 Å². The summed E-state index contributed by atoms with van der Waals surface area (Å²) in [5, 5.41) is 3.18. The van der Waals surface area contributed by atoms with Crippen LogP contribution >= 0.6 is 0 Å². The summed E-state index contributed by atoms with van der Waals surface area (Å²) in [4.78, 5) is 74.0. The molecule has 58 heavy (non-hydrogen) atoms. The van der Waals surface area contributed by atoms with Gasteiger partial charge in [-0.2, -0.15) is 0 Å². The average molecular weight is 806 g/mol. The van der Waals surface area contributed by atoms with Gasteiger partial charge in [0.1, 0.15) is 35.6 Å². The summed E-state index contributed by atoms with van der Waals surface area (Å²) in [7, 11) is 0. The maximum absolute atomic E-state index is 14.6. The van der Waals surface area contributed by atoms with E-state index >= 15 is 0 Å². The van der Waals surface area contributed by atoms with Gasteiger partial charge in [-0.05, 0) is 94.9 Å². The van der Waals surface area contributed by atoms with Crippen LogP contribution < -0.4 is 5.32 Å². The van der Waals surface area contributed by atoms with Gasteiger partial charge in [-0.1, -0.05) is 37.5 Å². The van der Waals surface area contributed by atoms with Crippen molar-refractivity contribution in [2.24, 2.45) is 11.8 Å². The number of halogens is 2. The van der Waals surface area contributed by atoms with Gasteiger partial charge in [-0.3, -0.25) is 24.1 Å². The molecule has 0 spiro atoms. The van der Waals surface area contributed by atoms with E-state index in [-0.39, 0.29) is 48.2 Å². The van der Waals surface area contributed by atoms with Crippen LogP contribution in [0.2, 0.25) is 0 Å². The van der Waals surface area contributed by atoms with Crippen LogP contribution in [0.25, 0.3) is 0 Å². The van der Waals surface area contributed by atoms with E-state index in [0.29, 0.717) is 62.7 Å². The van der Waals surface area contributed by atoms with Crippen LogP contribution in [0.15, 0.2) is 42.5 Å². The fraction of sp³-hybridized carbons (Fsp3) is 0.622. The van der Waals surface area contributed by atoms with Crippen molar-refractivity contribution >= 4 is 29.6 Å². The summed E-state index contributed by atoms with van der Waals surface area (Å²) in [5.74, 6) is -1.33. The molecular weight excluding hydrogens is 745 g/mol. The van der Waals surface area contributed by atoms with E-state index in [0.717, 1.165) is 93.6 Å². The molecule has 0 bridgehead atoms. The van der Waals surface area contributed by atoms with E-state index in [1.165, 1.54) is 6.07 Å². The number of hydrogen-bond acceptors (Lipinski definition) is 7. The van der Waals surface area contributed by atoms with Crippen molar-refractivity contribution in [3.63, 3.8) is 0 Å². The molecule has 3 saturated heterocycles. The number of piperidine rings is 3. The van der Waals surface area contributed by atoms with Crippen molar-refractivity contribution in [2.75, 3.05) is 52.4 Å². The van der Waals surface area contributed by atoms with Crippen molar-refractivity contribution in [3.05, 3.63) is 70.8 Å². The maximum Gasteiger partial charge on any atom is 0.411 e. The zero-order chi connectivity index (χ0) is 41.4. The normalized spacial score (nSPS) is 20.7. The third-order valence-corrected chi connectivity index (χ3v) is 12.3. The Balaban J connectivity index is 1.09. The van der Waals surface area contributed by atoms with E-state index < -0.39 is 29.4 Å². The Morgan fingerprint density at radius 3 is 2.28 bits per heavy atom. The van der Waals surface area contributed by atoms with Crippen molar-refractivity contribution < 1.29 is 37.5 Å². The third-order valence-electron chi connectivity index (χ3n) is 12.3. The number of rotatable bonds is 11. The van der Waals surface area contributed by atoms with Crippen molar-refractivity contribution in [1.82, 2.24) is 24.9 Å². The monoisotopic (exact) mass is 805 g/mol. The molecule has 3 heterocycles. The smallest absolute Gasteiger partial charge is 0.411 e. The number of likely N-dealkylation sites (tertiary alicyclic amines) is 3. The molecule has 1 aliphatic carbocycles. The van der Waals surface area contributed by atoms with Crippen molar-refractivity contribution in [1.29, 1.82) is 0 Å². The minimum Gasteiger partial charge on any atom is -0.444 e. The topological polar surface area (TPSA) is 120 Å². The first-order valence-electron chi connectivity index (χ1n) is 21.4. The zero-order valence-corrected chi connectivity index (χ0v) is 34.5. The lowest BCUT2D eigenvalue weighted by atomic mass is 9.82. The summed E-state index contributed by atoms with van der Waals surface area (Å²) >= 11 is 0. The minimum atomic E-state index is -0.855. The Kier molecular flexibility index (Phi) is 14.6. The van der Waals surface area contributed by atoms with E-state index in [2.05, 4.69) is 10.2 Å². The van der Waals surface area contributed by atoms with Crippen LogP contribution in [0.5, 0.6) is 0 Å². The highest BCUT2D eigenvalue weighted by atomic mass is 19.1. The molecule has 3 aliphatic heterocycles. The van der Waals surface area contributed by atoms with Gasteiger partial charge in [0.05, 0.1) is 6.54 Å². The zero-order valence-electron chi connectivity index (χ0n) is 34.5. The van der Waals surface area contributed by atoms with Crippen LogP contribution in [-0.4, -0.2) is 113 Å². The van der Waals surface area contributed by atoms with Gasteiger partial charge in [0.15, 0.2) is 0 Å². The van der Waals surface area contributed by atoms with Gasteiger partial charge in [0, 0.05) is 81.8 Å². The van der Waals surface area contributed by atoms with E-state index in [1.54, 1.807) is 31.7 Å². The Morgan fingerprint density at radius 1 is 0.862 bits per heavy atom. The molecule has 4 amide bonds. The van der Waals surface area contributed by atoms with Crippen LogP contribution in [0.1, 0.15) is 119 Å². The van der Waals surface area contributed by atoms with Gasteiger partial charge >= 0.3 is 6.09 Å². The van der Waals surface area contributed by atoms with Crippen LogP contribution in [0.3, 0.4) is 0 Å². The number of hydrogen-bond donors (Lipinski definition) is 1. The third kappa shape index (κ3) is 11.9. The van der Waals surface area contributed by atoms with E-state index in [9.17, 15) is 32.8 Å². The first-order valence-corrected chi connectivity index (χ1v) is 21.4. The molecule has 4 fully saturated rings. The molecule has 1 N–H and O–H groups in total. The molecule has 0 aromatic heterocycles. The molecule has 4 aliphatic rings. The predicted molar refractivity (Wildman–Crippen MR) is 216 cm³/mol. The number of nitrogens with zero attached hydrogens (tertiary/aromatic N) is 4. The quantitative estimate of drug-likeness (QED) is 0.269. The summed E-state index contributed by atoms with van der Waals surface area (Å²) < 4.78 is 33.8. The molecule has 2 aromatic rings. The molecule has 1 saturated carbocycles. The number of amides is 4. The number of carbonyl (C=O) groups is 5. The second-order valence-electron chi connectivity index (χ2n) is 17.8. The lowest BCUT2D eigenvalue weighted by Crippen LogP contribution is -2.54. The number of ketones is 1. The fourth-order valence-corrected chi connectivity index (χ4v) is 9.00. The second kappa shape index (κ2) is 19.6. The van der Waals surface area contributed by atoms with Crippen LogP contribution in [0.4, 0.5) is 13.6 Å². The molecule has 11 nitrogen and oxygen atoms in total. The predicted octanol–water partition coefficient (Wildman–Crippen LogP) is 6.69. The number of ether oxygens (including phenoxy) is 1. The van der Waals surface area contributed by atoms with Gasteiger partial charge in [-0.25, -0.2) is 13.6 Å². The van der Waals surface area contributed by atoms with E-state index in [4.69, 9.17) is 4.74 Å². The van der Waals surface area contributed by atoms with Gasteiger partial charge in [0.2, 0.25) is 11.8 Å². The summed E-state index contributed by atoms with van der Waals surface area (Å²) in [6, 6.07) is 9.93. The Labute approximate surface area is 341 Å². The van der Waals surface area contributed by atoms with E-state index in [1.807, 2.05) is 23.1 Å². The van der Waals surface area contributed by atoms with Crippen LogP contribution in [-0.2, 0) is 25.7 Å². The summed E-state index contributed by atoms with van der Waals surface area (Å²) in [6.07, 6.45) is 8.81. The molecule has 0 radical (unpaired) electrons. The highest BCUT2D eigenvalue weighted by Crippen LogP contribution is 2.31. The largest absolute Gasteiger partial charge is 0.444 e. The molecule has 316 valence electrons. The average Bonchev–Trinajstić information content (AvgIpc) is 3.21. The standard InChI is InChI=1S/C45H61F2N5O6/c1-45(2,3)58-44(57)52(29-36-14-15-37(46)26-39(36)47)30-40(54)51-20-8-13-35(28-51)33-11-7-12-34(25-33)42(55)48-41(32-9-5-4-6-10-32)43(56)50-23-16-31(17-24-50)27-49-21-18-38(53)19-22-49/h7,11-12,14-15,25-26,31-32,35,41H,4-6,8-10,13,16-24,27-30H2,1-3H3,(H,48,55)/t35?,41-/m1/s1. The molecule has 6 rings (SSSR count). The fourth-order valence-electron chi connectivity index (χ4n) is 9.00. The molecule has 2 aromatic carbocycles. The number of Topliss-reactive ketones (excluding diaryl/α,β-unsaturated/α-hetero) is 1. The highest BCUT2D eigenvalue weighted by molar-refractivity contribution is 5.98. The highest BCUT2D eigenvalue weighted by Gasteiger charge is 2.36. The Morgan fingerprint density at radius 2 is 1.59 bits per heavy atom. The first-order chi connectivity index (χ1) is 27.7. The first kappa shape index (κ1) is 43.2. The number of nitrogens with one attached hydrogen (secondary N) is 1. The number of benzene rings is 2. The summed E-state index contributed by atoms with van der Waals surface area (Å²) in [6.45, 7) is 9.27. The Hall–Kier alpha value is -4.39. The Bertz CT molecular complexity index is 1780. The van der Waals surface area contributed by atoms with Crippen molar-refractivity contribution in [2.45, 2.75) is 116 Å². The van der Waals surface area contributed by atoms with Gasteiger partial charge in [0.25, 0.3) is 5.91 Å². The number of carbonyl (C=O) groups excluding carboxylic acids is 5. The molecule has 2 atom stereocenters. The lowest BCUT2D eigenvalue weighted by molar-refractivity contribution is -0.136. The SMILES string of the molecule is CC(C)(C)OC(=O)N(CC(=O)N1CCCC(c2cccc(C(=O)N[C@@H](C(=O)N3CCC(CN4CCC(=O)CC4)CC3)C3CCCCC3)c2)C1)Cc1ccc(F)cc1F. The molecule has 13 heteroatoms. The minimum absolute atomic E-state index is 0.00227. The molecule has 1 unspecified atom stereocenters. The van der Waals surface area contributed by atoms with Gasteiger partial charge in [-0.15, -0.1) is 0 Å².